The van der Waals surface area contributed by atoms with E-state index in [0.29, 0.717) is 0 Å². The number of rotatable bonds is 8. The van der Waals surface area contributed by atoms with Crippen LogP contribution in [0.25, 0.3) is 138 Å². The van der Waals surface area contributed by atoms with E-state index < -0.39 is 0 Å². The molecule has 14 aromatic rings. The Morgan fingerprint density at radius 2 is 0.521 bits per heavy atom. The zero-order chi connectivity index (χ0) is 48.2. The van der Waals surface area contributed by atoms with Gasteiger partial charge in [-0.15, -0.1) is 0 Å². The molecule has 340 valence electrons. The van der Waals surface area contributed by atoms with Crippen molar-refractivity contribution in [2.75, 3.05) is 0 Å². The van der Waals surface area contributed by atoms with Crippen molar-refractivity contribution >= 4 is 54.6 Å². The third-order valence-corrected chi connectivity index (χ3v) is 14.0. The van der Waals surface area contributed by atoms with E-state index >= 15 is 0 Å². The lowest BCUT2D eigenvalue weighted by Crippen LogP contribution is -1.98. The van der Waals surface area contributed by atoms with Crippen LogP contribution >= 0.6 is 0 Å². The summed E-state index contributed by atoms with van der Waals surface area (Å²) in [5.41, 5.74) is 20.3. The van der Waals surface area contributed by atoms with Gasteiger partial charge in [0.1, 0.15) is 5.82 Å². The maximum atomic E-state index is 5.44. The number of pyridine rings is 4. The van der Waals surface area contributed by atoms with Crippen LogP contribution in [-0.4, -0.2) is 29.5 Å². The summed E-state index contributed by atoms with van der Waals surface area (Å²) in [5, 5.41) is 4.34. The normalized spacial score (nSPS) is 11.6. The Morgan fingerprint density at radius 3 is 0.890 bits per heavy atom. The molecule has 6 heteroatoms. The van der Waals surface area contributed by atoms with Crippen LogP contribution in [0.5, 0.6) is 0 Å². The third-order valence-electron chi connectivity index (χ3n) is 14.0. The summed E-state index contributed by atoms with van der Waals surface area (Å²) in [6.45, 7) is 0. The minimum absolute atomic E-state index is 0.846. The van der Waals surface area contributed by atoms with E-state index in [4.69, 9.17) is 24.9 Å². The monoisotopic (exact) mass is 930 g/mol. The number of hydrogen-bond donors (Lipinski definition) is 0. The largest absolute Gasteiger partial charge is 0.292 e. The summed E-state index contributed by atoms with van der Waals surface area (Å²) in [6.07, 6.45) is 7.96. The number of nitrogens with zero attached hydrogens (tertiary/aromatic N) is 6. The number of imidazole rings is 1. The highest BCUT2D eigenvalue weighted by Crippen LogP contribution is 2.41. The Kier molecular flexibility index (Phi) is 10.1. The van der Waals surface area contributed by atoms with Crippen molar-refractivity contribution in [3.63, 3.8) is 0 Å². The smallest absolute Gasteiger partial charge is 0.145 e. The van der Waals surface area contributed by atoms with Crippen molar-refractivity contribution in [2.45, 2.75) is 0 Å². The molecule has 0 amide bonds. The first-order valence-corrected chi connectivity index (χ1v) is 24.5. The minimum Gasteiger partial charge on any atom is -0.292 e. The van der Waals surface area contributed by atoms with Gasteiger partial charge in [0.15, 0.2) is 0 Å². The third kappa shape index (κ3) is 7.84. The molecule has 0 aliphatic rings. The molecule has 5 heterocycles. The van der Waals surface area contributed by atoms with Crippen LogP contribution < -0.4 is 0 Å². The summed E-state index contributed by atoms with van der Waals surface area (Å²) in [4.78, 5) is 25.2. The van der Waals surface area contributed by atoms with Crippen LogP contribution in [0.1, 0.15) is 0 Å². The highest BCUT2D eigenvalue weighted by Gasteiger charge is 2.19. The molecule has 0 saturated carbocycles. The predicted molar refractivity (Wildman–Crippen MR) is 300 cm³/mol. The van der Waals surface area contributed by atoms with Crippen LogP contribution in [0.3, 0.4) is 0 Å². The number of benzene rings is 9. The van der Waals surface area contributed by atoms with Crippen LogP contribution in [0.2, 0.25) is 0 Å². The fourth-order valence-electron chi connectivity index (χ4n) is 10.3. The van der Waals surface area contributed by atoms with Crippen molar-refractivity contribution in [3.8, 4) is 83.8 Å². The Labute approximate surface area is 421 Å². The van der Waals surface area contributed by atoms with Gasteiger partial charge in [-0.25, -0.2) is 4.98 Å². The van der Waals surface area contributed by atoms with Gasteiger partial charge in [-0.2, -0.15) is 0 Å². The lowest BCUT2D eigenvalue weighted by atomic mass is 9.89. The van der Waals surface area contributed by atoms with Crippen LogP contribution in [-0.2, 0) is 0 Å². The minimum atomic E-state index is 0.846. The number of para-hydroxylation sites is 7. The van der Waals surface area contributed by atoms with E-state index in [0.717, 1.165) is 138 Å². The van der Waals surface area contributed by atoms with Gasteiger partial charge in [0.05, 0.1) is 33.1 Å². The summed E-state index contributed by atoms with van der Waals surface area (Å²) in [6, 6.07) is 81.7. The molecule has 0 saturated heterocycles. The Morgan fingerprint density at radius 1 is 0.233 bits per heavy atom. The number of aromatic nitrogens is 6. The molecule has 0 fully saturated rings. The van der Waals surface area contributed by atoms with Crippen molar-refractivity contribution in [1.29, 1.82) is 0 Å². The second-order valence-electron chi connectivity index (χ2n) is 18.7. The SMILES string of the molecule is c1ccc(-n2c(-c3cc(-c4cc(-c5cnc6ccccc6c5)cc(-c5cnc6ccccc6c5)c4)cc(-c4cc(-c5cnc6ccccc6c5)cc(-c5cnc6ccccc6c5)c4)c3)nc3ccccc32)cc1. The molecule has 5 aromatic heterocycles. The lowest BCUT2D eigenvalue weighted by molar-refractivity contribution is 1.10. The Bertz CT molecular complexity index is 4040. The molecule has 0 N–H and O–H groups in total. The molecule has 0 aliphatic heterocycles. The number of fused-ring (bicyclic) bond motifs is 5. The first kappa shape index (κ1) is 42.0. The molecule has 0 atom stereocenters. The standard InChI is InChI=1S/C67H42N6/c1-2-18-60(19-3-1)73-66-25-13-12-24-65(66)72-67(73)55-37-49(47-31-51(56-26-43-14-4-8-20-61(43)68-39-56)35-52(32-47)57-27-44-15-5-9-21-62(44)69-40-57)30-50(38-55)48-33-53(58-28-45-16-6-10-22-63(45)70-41-58)36-54(34-48)59-29-46-17-7-11-23-64(46)71-42-59/h1-42H. The van der Waals surface area contributed by atoms with E-state index in [-0.39, 0.29) is 0 Å². The zero-order valence-corrected chi connectivity index (χ0v) is 39.4. The maximum Gasteiger partial charge on any atom is 0.145 e. The van der Waals surface area contributed by atoms with Gasteiger partial charge < -0.3 is 0 Å². The molecule has 0 spiro atoms. The molecule has 0 unspecified atom stereocenters. The van der Waals surface area contributed by atoms with Crippen molar-refractivity contribution < 1.29 is 0 Å². The second-order valence-corrected chi connectivity index (χ2v) is 18.7. The summed E-state index contributed by atoms with van der Waals surface area (Å²) < 4.78 is 2.28. The highest BCUT2D eigenvalue weighted by atomic mass is 15.1. The summed E-state index contributed by atoms with van der Waals surface area (Å²) in [7, 11) is 0. The zero-order valence-electron chi connectivity index (χ0n) is 39.4. The molecular formula is C67H42N6. The average Bonchev–Trinajstić information content (AvgIpc) is 3.87. The van der Waals surface area contributed by atoms with Crippen molar-refractivity contribution in [2.24, 2.45) is 0 Å². The van der Waals surface area contributed by atoms with Gasteiger partial charge in [-0.3, -0.25) is 24.5 Å². The van der Waals surface area contributed by atoms with Gasteiger partial charge in [-0.05, 0) is 172 Å². The lowest BCUT2D eigenvalue weighted by Gasteiger charge is -2.17. The Balaban J connectivity index is 1.04. The van der Waals surface area contributed by atoms with E-state index in [1.807, 2.05) is 49.1 Å². The summed E-state index contributed by atoms with van der Waals surface area (Å²) in [5.74, 6) is 0.846. The van der Waals surface area contributed by atoms with E-state index in [9.17, 15) is 0 Å². The fraction of sp³-hybridized carbons (Fsp3) is 0. The van der Waals surface area contributed by atoms with Crippen LogP contribution in [0.15, 0.2) is 255 Å². The summed E-state index contributed by atoms with van der Waals surface area (Å²) >= 11 is 0. The highest BCUT2D eigenvalue weighted by molar-refractivity contribution is 5.94. The Hall–Kier alpha value is -9.91. The first-order chi connectivity index (χ1) is 36.1. The van der Waals surface area contributed by atoms with E-state index in [2.05, 4.69) is 211 Å². The second kappa shape index (κ2) is 17.5. The fourth-order valence-corrected chi connectivity index (χ4v) is 10.3. The van der Waals surface area contributed by atoms with Gasteiger partial charge in [0, 0.05) is 79.8 Å². The van der Waals surface area contributed by atoms with Crippen molar-refractivity contribution in [1.82, 2.24) is 29.5 Å². The van der Waals surface area contributed by atoms with Crippen LogP contribution in [0.4, 0.5) is 0 Å². The van der Waals surface area contributed by atoms with Gasteiger partial charge in [-0.1, -0.05) is 103 Å². The predicted octanol–water partition coefficient (Wildman–Crippen LogP) is 16.9. The van der Waals surface area contributed by atoms with E-state index in [1.165, 1.54) is 0 Å². The molecule has 6 nitrogen and oxygen atoms in total. The van der Waals surface area contributed by atoms with Gasteiger partial charge >= 0.3 is 0 Å². The van der Waals surface area contributed by atoms with E-state index in [1.54, 1.807) is 0 Å². The quantitative estimate of drug-likeness (QED) is 0.152. The van der Waals surface area contributed by atoms with Gasteiger partial charge in [0.25, 0.3) is 0 Å². The first-order valence-electron chi connectivity index (χ1n) is 24.5. The maximum absolute atomic E-state index is 5.44. The van der Waals surface area contributed by atoms with Crippen LogP contribution in [0, 0.1) is 0 Å². The molecule has 0 aliphatic carbocycles. The number of hydrogen-bond acceptors (Lipinski definition) is 5. The molecule has 0 radical (unpaired) electrons. The molecule has 0 bridgehead atoms. The molecule has 73 heavy (non-hydrogen) atoms. The average molecular weight is 931 g/mol. The topological polar surface area (TPSA) is 69.4 Å². The molecule has 9 aromatic carbocycles. The molecular weight excluding hydrogens is 889 g/mol. The van der Waals surface area contributed by atoms with Crippen molar-refractivity contribution in [3.05, 3.63) is 255 Å². The van der Waals surface area contributed by atoms with Gasteiger partial charge in [0.2, 0.25) is 0 Å². The molecule has 14 rings (SSSR count).